The molecule has 0 saturated heterocycles. The summed E-state index contributed by atoms with van der Waals surface area (Å²) >= 11 is 6.03. The maximum atomic E-state index is 11.4. The van der Waals surface area contributed by atoms with Crippen molar-refractivity contribution in [2.75, 3.05) is 6.61 Å². The molecule has 0 bridgehead atoms. The second-order valence-electron chi connectivity index (χ2n) is 7.58. The van der Waals surface area contributed by atoms with Gasteiger partial charge in [0.05, 0.1) is 23.3 Å². The summed E-state index contributed by atoms with van der Waals surface area (Å²) in [5.41, 5.74) is 3.43. The molecule has 8 heteroatoms. The number of halogens is 1. The Morgan fingerprint density at radius 1 is 1.19 bits per heavy atom. The number of nitro benzene ring substituents is 1. The van der Waals surface area contributed by atoms with Crippen LogP contribution in [0.2, 0.25) is 5.02 Å². The molecule has 3 aromatic rings. The van der Waals surface area contributed by atoms with E-state index in [0.29, 0.717) is 18.6 Å². The Morgan fingerprint density at radius 3 is 2.72 bits per heavy atom. The van der Waals surface area contributed by atoms with Crippen molar-refractivity contribution in [1.29, 1.82) is 0 Å². The third kappa shape index (κ3) is 3.54. The molecule has 0 N–H and O–H groups in total. The molecule has 32 heavy (non-hydrogen) atoms. The van der Waals surface area contributed by atoms with Gasteiger partial charge in [0.1, 0.15) is 16.5 Å². The van der Waals surface area contributed by atoms with Crippen LogP contribution in [-0.4, -0.2) is 22.3 Å². The van der Waals surface area contributed by atoms with Crippen LogP contribution >= 0.6 is 11.6 Å². The van der Waals surface area contributed by atoms with Gasteiger partial charge < -0.3 is 9.47 Å². The van der Waals surface area contributed by atoms with Gasteiger partial charge in [0.2, 0.25) is 6.23 Å². The van der Waals surface area contributed by atoms with E-state index in [0.717, 1.165) is 28.3 Å². The minimum atomic E-state index is -0.605. The number of benzene rings is 3. The summed E-state index contributed by atoms with van der Waals surface area (Å²) in [6, 6.07) is 20.4. The van der Waals surface area contributed by atoms with Gasteiger partial charge in [-0.2, -0.15) is 5.10 Å². The van der Waals surface area contributed by atoms with E-state index < -0.39 is 11.2 Å². The number of fused-ring (bicyclic) bond motifs is 3. The summed E-state index contributed by atoms with van der Waals surface area (Å²) in [7, 11) is 0. The van der Waals surface area contributed by atoms with Gasteiger partial charge in [0.15, 0.2) is 0 Å². The summed E-state index contributed by atoms with van der Waals surface area (Å²) in [5.74, 6) is 1.56. The van der Waals surface area contributed by atoms with E-state index in [9.17, 15) is 10.1 Å². The average molecular weight is 450 g/mol. The molecule has 0 radical (unpaired) electrons. The number of nitro groups is 1. The lowest BCUT2D eigenvalue weighted by atomic mass is 9.96. The third-order valence-electron chi connectivity index (χ3n) is 5.65. The van der Waals surface area contributed by atoms with Crippen molar-refractivity contribution in [1.82, 2.24) is 5.01 Å². The van der Waals surface area contributed by atoms with E-state index in [-0.39, 0.29) is 16.8 Å². The van der Waals surface area contributed by atoms with E-state index in [1.165, 1.54) is 12.1 Å². The number of hydrazone groups is 1. The Kier molecular flexibility index (Phi) is 5.19. The van der Waals surface area contributed by atoms with Crippen LogP contribution in [0.15, 0.2) is 71.8 Å². The molecular formula is C24H20ClN3O4. The summed E-state index contributed by atoms with van der Waals surface area (Å²) in [5, 5.41) is 18.3. The molecule has 0 spiro atoms. The molecule has 0 amide bonds. The van der Waals surface area contributed by atoms with Gasteiger partial charge in [-0.1, -0.05) is 35.9 Å². The molecule has 0 unspecified atom stereocenters. The minimum absolute atomic E-state index is 0.0405. The zero-order chi connectivity index (χ0) is 22.2. The standard InChI is InChI=1S/C24H20ClN3O4/c1-2-31-17-10-7-15(8-11-17)20-14-21-18-5-3-4-6-23(18)32-24(27(21)26-20)16-9-12-19(25)22(13-16)28(29)30/h3-13,21,24H,2,14H2,1H3/t21-,24-/m1/s1. The molecule has 0 saturated carbocycles. The van der Waals surface area contributed by atoms with Crippen molar-refractivity contribution < 1.29 is 14.4 Å². The molecule has 2 heterocycles. The fourth-order valence-electron chi connectivity index (χ4n) is 4.16. The number of rotatable bonds is 5. The van der Waals surface area contributed by atoms with Crippen LogP contribution in [0.3, 0.4) is 0 Å². The lowest BCUT2D eigenvalue weighted by molar-refractivity contribution is -0.384. The largest absolute Gasteiger partial charge is 0.494 e. The summed E-state index contributed by atoms with van der Waals surface area (Å²) in [4.78, 5) is 10.9. The minimum Gasteiger partial charge on any atom is -0.494 e. The van der Waals surface area contributed by atoms with Gasteiger partial charge in [-0.15, -0.1) is 0 Å². The molecule has 2 atom stereocenters. The quantitative estimate of drug-likeness (QED) is 0.358. The normalized spacial score (nSPS) is 18.9. The highest BCUT2D eigenvalue weighted by Crippen LogP contribution is 2.48. The molecule has 5 rings (SSSR count). The Hall–Kier alpha value is -3.58. The van der Waals surface area contributed by atoms with Crippen molar-refractivity contribution in [3.8, 4) is 11.5 Å². The fraction of sp³-hybridized carbons (Fsp3) is 0.208. The molecule has 2 aliphatic heterocycles. The van der Waals surface area contributed by atoms with Crippen molar-refractivity contribution in [2.45, 2.75) is 25.6 Å². The SMILES string of the molecule is CCOc1ccc(C2=NN3[C@H](C2)c2ccccc2O[C@@H]3c2ccc(Cl)c([N+](=O)[O-])c2)cc1. The van der Waals surface area contributed by atoms with Gasteiger partial charge in [-0.3, -0.25) is 10.1 Å². The zero-order valence-corrected chi connectivity index (χ0v) is 18.0. The molecule has 0 aliphatic carbocycles. The molecule has 0 aromatic heterocycles. The number of para-hydroxylation sites is 1. The first-order valence-electron chi connectivity index (χ1n) is 10.3. The van der Waals surface area contributed by atoms with E-state index in [4.69, 9.17) is 26.2 Å². The maximum absolute atomic E-state index is 11.4. The molecule has 2 aliphatic rings. The van der Waals surface area contributed by atoms with Crippen LogP contribution in [0, 0.1) is 10.1 Å². The highest BCUT2D eigenvalue weighted by molar-refractivity contribution is 6.32. The van der Waals surface area contributed by atoms with E-state index in [1.54, 1.807) is 6.07 Å². The first-order valence-corrected chi connectivity index (χ1v) is 10.7. The van der Waals surface area contributed by atoms with Crippen molar-refractivity contribution in [2.24, 2.45) is 5.10 Å². The van der Waals surface area contributed by atoms with Crippen molar-refractivity contribution >= 4 is 23.0 Å². The first kappa shape index (κ1) is 20.3. The molecular weight excluding hydrogens is 430 g/mol. The monoisotopic (exact) mass is 449 g/mol. The highest BCUT2D eigenvalue weighted by Gasteiger charge is 2.41. The van der Waals surface area contributed by atoms with Gasteiger partial charge in [-0.05, 0) is 48.9 Å². The van der Waals surface area contributed by atoms with E-state index >= 15 is 0 Å². The third-order valence-corrected chi connectivity index (χ3v) is 5.97. The van der Waals surface area contributed by atoms with Gasteiger partial charge in [0, 0.05) is 23.6 Å². The maximum Gasteiger partial charge on any atom is 0.288 e. The second kappa shape index (κ2) is 8.16. The topological polar surface area (TPSA) is 77.2 Å². The van der Waals surface area contributed by atoms with Crippen LogP contribution in [-0.2, 0) is 0 Å². The second-order valence-corrected chi connectivity index (χ2v) is 7.99. The number of hydrogen-bond acceptors (Lipinski definition) is 6. The fourth-order valence-corrected chi connectivity index (χ4v) is 4.35. The van der Waals surface area contributed by atoms with Crippen LogP contribution in [0.5, 0.6) is 11.5 Å². The zero-order valence-electron chi connectivity index (χ0n) is 17.3. The lowest BCUT2D eigenvalue weighted by Gasteiger charge is -2.38. The van der Waals surface area contributed by atoms with E-state index in [2.05, 4.69) is 0 Å². The Balaban J connectivity index is 1.55. The predicted molar refractivity (Wildman–Crippen MR) is 121 cm³/mol. The Morgan fingerprint density at radius 2 is 1.97 bits per heavy atom. The predicted octanol–water partition coefficient (Wildman–Crippen LogP) is 5.89. The Labute approximate surface area is 190 Å². The lowest BCUT2D eigenvalue weighted by Crippen LogP contribution is -2.33. The summed E-state index contributed by atoms with van der Waals surface area (Å²) < 4.78 is 11.8. The smallest absolute Gasteiger partial charge is 0.288 e. The molecule has 162 valence electrons. The Bertz CT molecular complexity index is 1210. The molecule has 7 nitrogen and oxygen atoms in total. The van der Waals surface area contributed by atoms with Crippen molar-refractivity contribution in [3.63, 3.8) is 0 Å². The number of hydrogen-bond donors (Lipinski definition) is 0. The van der Waals surface area contributed by atoms with Crippen LogP contribution in [0.1, 0.15) is 42.3 Å². The van der Waals surface area contributed by atoms with E-state index in [1.807, 2.05) is 60.5 Å². The van der Waals surface area contributed by atoms with Crippen LogP contribution in [0.25, 0.3) is 0 Å². The summed E-state index contributed by atoms with van der Waals surface area (Å²) in [6.45, 7) is 2.56. The molecule has 3 aromatic carbocycles. The first-order chi connectivity index (χ1) is 15.5. The van der Waals surface area contributed by atoms with Crippen molar-refractivity contribution in [3.05, 3.63) is 98.6 Å². The van der Waals surface area contributed by atoms with Gasteiger partial charge >= 0.3 is 0 Å². The van der Waals surface area contributed by atoms with Gasteiger partial charge in [-0.25, -0.2) is 5.01 Å². The van der Waals surface area contributed by atoms with Crippen LogP contribution < -0.4 is 9.47 Å². The average Bonchev–Trinajstić information content (AvgIpc) is 3.25. The number of nitrogens with zero attached hydrogens (tertiary/aromatic N) is 3. The highest BCUT2D eigenvalue weighted by atomic mass is 35.5. The van der Waals surface area contributed by atoms with Crippen LogP contribution in [0.4, 0.5) is 5.69 Å². The summed E-state index contributed by atoms with van der Waals surface area (Å²) in [6.07, 6.45) is 0.0895. The molecule has 0 fully saturated rings. The number of ether oxygens (including phenoxy) is 2. The van der Waals surface area contributed by atoms with Gasteiger partial charge in [0.25, 0.3) is 5.69 Å².